The molecule has 1 fully saturated rings. The zero-order valence-electron chi connectivity index (χ0n) is 12.5. The highest BCUT2D eigenvalue weighted by Crippen LogP contribution is 2.41. The number of esters is 1. The van der Waals surface area contributed by atoms with Gasteiger partial charge in [0.25, 0.3) is 0 Å². The summed E-state index contributed by atoms with van der Waals surface area (Å²) in [6.45, 7) is 5.21. The first-order chi connectivity index (χ1) is 9.57. The lowest BCUT2D eigenvalue weighted by Gasteiger charge is -2.35. The molecule has 7 nitrogen and oxygen atoms in total. The summed E-state index contributed by atoms with van der Waals surface area (Å²) in [4.78, 5) is 48.7. The number of amides is 4. The van der Waals surface area contributed by atoms with Gasteiger partial charge in [-0.25, -0.2) is 9.59 Å². The molecule has 21 heavy (non-hydrogen) atoms. The summed E-state index contributed by atoms with van der Waals surface area (Å²) in [6.07, 6.45) is 1.57. The van der Waals surface area contributed by atoms with Gasteiger partial charge >= 0.3 is 12.0 Å². The quantitative estimate of drug-likeness (QED) is 0.569. The highest BCUT2D eigenvalue weighted by atomic mass is 16.6. The summed E-state index contributed by atoms with van der Waals surface area (Å²) in [7, 11) is 1.30. The van der Waals surface area contributed by atoms with E-state index < -0.39 is 34.8 Å². The third-order valence-electron chi connectivity index (χ3n) is 3.52. The number of carbonyl (C=O) groups excluding carboxylic acids is 4. The predicted octanol–water partition coefficient (Wildman–Crippen LogP) is 0.743. The number of carbonyl (C=O) groups is 4. The Hall–Kier alpha value is -2.18. The van der Waals surface area contributed by atoms with Gasteiger partial charge in [0.05, 0.1) is 0 Å². The van der Waals surface area contributed by atoms with Crippen molar-refractivity contribution in [2.75, 3.05) is 7.05 Å². The smallest absolute Gasteiger partial charge is 0.334 e. The van der Waals surface area contributed by atoms with Crippen LogP contribution in [0.2, 0.25) is 0 Å². The number of barbiturate groups is 1. The minimum Gasteiger partial charge on any atom is -0.457 e. The molecular weight excluding hydrogens is 276 g/mol. The van der Waals surface area contributed by atoms with Crippen LogP contribution in [0.4, 0.5) is 4.79 Å². The van der Waals surface area contributed by atoms with E-state index in [1.54, 1.807) is 20.8 Å². The van der Waals surface area contributed by atoms with E-state index in [1.165, 1.54) is 13.1 Å². The van der Waals surface area contributed by atoms with Crippen molar-refractivity contribution in [3.63, 3.8) is 0 Å². The summed E-state index contributed by atoms with van der Waals surface area (Å²) in [5.74, 6) is -1.80. The second-order valence-electron chi connectivity index (χ2n) is 6.32. The normalized spacial score (nSPS) is 26.0. The van der Waals surface area contributed by atoms with E-state index in [4.69, 9.17) is 4.74 Å². The number of nitrogens with zero attached hydrogens (tertiary/aromatic N) is 1. The predicted molar refractivity (Wildman–Crippen MR) is 71.9 cm³/mol. The summed E-state index contributed by atoms with van der Waals surface area (Å²) < 4.78 is 5.24. The second-order valence-corrected chi connectivity index (χ2v) is 6.32. The van der Waals surface area contributed by atoms with Crippen LogP contribution in [0.25, 0.3) is 0 Å². The Morgan fingerprint density at radius 2 is 1.95 bits per heavy atom. The Morgan fingerprint density at radius 3 is 2.52 bits per heavy atom. The van der Waals surface area contributed by atoms with Crippen LogP contribution in [0.1, 0.15) is 33.6 Å². The van der Waals surface area contributed by atoms with Gasteiger partial charge in [-0.3, -0.25) is 19.8 Å². The van der Waals surface area contributed by atoms with Crippen molar-refractivity contribution < 1.29 is 23.9 Å². The van der Waals surface area contributed by atoms with Gasteiger partial charge in [0.15, 0.2) is 0 Å². The zero-order valence-corrected chi connectivity index (χ0v) is 12.5. The maximum absolute atomic E-state index is 12.3. The maximum atomic E-state index is 12.3. The molecule has 2 aliphatic rings. The molecule has 1 atom stereocenters. The topological polar surface area (TPSA) is 92.8 Å². The number of hydrogen-bond acceptors (Lipinski definition) is 5. The summed E-state index contributed by atoms with van der Waals surface area (Å²) >= 11 is 0. The van der Waals surface area contributed by atoms with Crippen molar-refractivity contribution in [3.8, 4) is 0 Å². The molecule has 0 aromatic heterocycles. The molecule has 0 aromatic carbocycles. The fourth-order valence-corrected chi connectivity index (χ4v) is 2.41. The Kier molecular flexibility index (Phi) is 3.39. The Morgan fingerprint density at radius 1 is 1.33 bits per heavy atom. The molecule has 0 unspecified atom stereocenters. The van der Waals surface area contributed by atoms with Crippen LogP contribution < -0.4 is 5.32 Å². The third-order valence-corrected chi connectivity index (χ3v) is 3.52. The molecule has 4 amide bonds. The first kappa shape index (κ1) is 15.2. The lowest BCUT2D eigenvalue weighted by atomic mass is 9.80. The molecule has 1 N–H and O–H groups in total. The number of allylic oxidation sites excluding steroid dienone is 1. The van der Waals surface area contributed by atoms with E-state index in [0.717, 1.165) is 4.90 Å². The van der Waals surface area contributed by atoms with Crippen molar-refractivity contribution in [3.05, 3.63) is 11.6 Å². The highest BCUT2D eigenvalue weighted by Gasteiger charge is 2.55. The van der Waals surface area contributed by atoms with E-state index in [0.29, 0.717) is 0 Å². The lowest BCUT2D eigenvalue weighted by molar-refractivity contribution is -0.151. The van der Waals surface area contributed by atoms with E-state index in [1.807, 2.05) is 0 Å². The van der Waals surface area contributed by atoms with Crippen molar-refractivity contribution in [1.82, 2.24) is 10.2 Å². The number of ether oxygens (including phenoxy) is 1. The van der Waals surface area contributed by atoms with Gasteiger partial charge in [-0.1, -0.05) is 6.08 Å². The molecule has 7 heteroatoms. The van der Waals surface area contributed by atoms with Crippen molar-refractivity contribution in [1.29, 1.82) is 0 Å². The van der Waals surface area contributed by atoms with E-state index in [-0.39, 0.29) is 18.4 Å². The zero-order chi connectivity index (χ0) is 16.0. The van der Waals surface area contributed by atoms with Gasteiger partial charge in [-0.05, 0) is 27.2 Å². The fourth-order valence-electron chi connectivity index (χ4n) is 2.41. The van der Waals surface area contributed by atoms with Crippen LogP contribution in [0.3, 0.4) is 0 Å². The van der Waals surface area contributed by atoms with Gasteiger partial charge in [-0.2, -0.15) is 0 Å². The van der Waals surface area contributed by atoms with E-state index in [2.05, 4.69) is 5.32 Å². The van der Waals surface area contributed by atoms with Crippen molar-refractivity contribution in [2.24, 2.45) is 5.41 Å². The highest BCUT2D eigenvalue weighted by molar-refractivity contribution is 6.20. The van der Waals surface area contributed by atoms with E-state index in [9.17, 15) is 19.2 Å². The fraction of sp³-hybridized carbons (Fsp3) is 0.571. The summed E-state index contributed by atoms with van der Waals surface area (Å²) in [5, 5.41) is 2.14. The molecule has 1 spiro atoms. The van der Waals surface area contributed by atoms with Crippen LogP contribution in [-0.4, -0.2) is 41.4 Å². The standard InChI is InChI=1S/C14H18N2O5/c1-13(2,3)21-9(17)8-5-6-14(7-8)10(18)15-12(20)16(4)11(14)19/h5H,6-7H2,1-4H3,(H,15,18,20)/t14-/m0/s1. The molecule has 1 aliphatic heterocycles. The average Bonchev–Trinajstić information content (AvgIpc) is 2.79. The van der Waals surface area contributed by atoms with Gasteiger partial charge in [0, 0.05) is 19.0 Å². The molecule has 1 saturated heterocycles. The Bertz CT molecular complexity index is 572. The molecule has 0 saturated carbocycles. The largest absolute Gasteiger partial charge is 0.457 e. The Labute approximate surface area is 122 Å². The maximum Gasteiger partial charge on any atom is 0.334 e. The van der Waals surface area contributed by atoms with Gasteiger partial charge < -0.3 is 4.74 Å². The number of hydrogen-bond donors (Lipinski definition) is 1. The van der Waals surface area contributed by atoms with Gasteiger partial charge in [0.2, 0.25) is 11.8 Å². The minimum atomic E-state index is -1.41. The van der Waals surface area contributed by atoms with Crippen LogP contribution in [0, 0.1) is 5.41 Å². The molecule has 0 radical (unpaired) electrons. The first-order valence-electron chi connectivity index (χ1n) is 6.63. The molecule has 0 aromatic rings. The van der Waals surface area contributed by atoms with Crippen molar-refractivity contribution in [2.45, 2.75) is 39.2 Å². The number of urea groups is 1. The summed E-state index contributed by atoms with van der Waals surface area (Å²) in [5.41, 5.74) is -1.77. The SMILES string of the molecule is CN1C(=O)NC(=O)[C@@]2(CC=C(C(=O)OC(C)(C)C)C2)C1=O. The van der Waals surface area contributed by atoms with Crippen LogP contribution in [-0.2, 0) is 19.1 Å². The van der Waals surface area contributed by atoms with Crippen LogP contribution in [0.15, 0.2) is 11.6 Å². The minimum absolute atomic E-state index is 0.0514. The average molecular weight is 294 g/mol. The van der Waals surface area contributed by atoms with Crippen LogP contribution >= 0.6 is 0 Å². The van der Waals surface area contributed by atoms with Crippen LogP contribution in [0.5, 0.6) is 0 Å². The number of imide groups is 2. The van der Waals surface area contributed by atoms with Crippen molar-refractivity contribution >= 4 is 23.8 Å². The third kappa shape index (κ3) is 2.55. The lowest BCUT2D eigenvalue weighted by Crippen LogP contribution is -2.62. The van der Waals surface area contributed by atoms with E-state index >= 15 is 0 Å². The summed E-state index contributed by atoms with van der Waals surface area (Å²) in [6, 6.07) is -0.749. The molecule has 0 bridgehead atoms. The molecule has 2 rings (SSSR count). The number of rotatable bonds is 1. The molecule has 1 heterocycles. The monoisotopic (exact) mass is 294 g/mol. The first-order valence-corrected chi connectivity index (χ1v) is 6.63. The second kappa shape index (κ2) is 4.68. The van der Waals surface area contributed by atoms with Gasteiger partial charge in [0.1, 0.15) is 11.0 Å². The molecule has 114 valence electrons. The molecule has 1 aliphatic carbocycles. The van der Waals surface area contributed by atoms with Gasteiger partial charge in [-0.15, -0.1) is 0 Å². The molecular formula is C14H18N2O5. The Balaban J connectivity index is 2.19. The number of nitrogens with one attached hydrogen (secondary N) is 1.